The summed E-state index contributed by atoms with van der Waals surface area (Å²) in [5.41, 5.74) is 14.9. The highest BCUT2D eigenvalue weighted by Gasteiger charge is 2.35. The van der Waals surface area contributed by atoms with Crippen LogP contribution >= 0.6 is 0 Å². The van der Waals surface area contributed by atoms with Gasteiger partial charge in [-0.3, -0.25) is 43.2 Å². The molecule has 8 atom stereocenters. The van der Waals surface area contributed by atoms with E-state index >= 15 is 0 Å². The number of hydrogen-bond acceptors (Lipinski definition) is 16. The number of piperazine rings is 1. The van der Waals surface area contributed by atoms with Gasteiger partial charge < -0.3 is 66.8 Å². The first-order valence-electron chi connectivity index (χ1n) is 24.5. The number of carboxylic acids is 4. The molecule has 2 aliphatic heterocycles. The zero-order valence-electron chi connectivity index (χ0n) is 43.1. The standard InChI is InChI=1S/C15H19NO5.C14H19NO5.C13H14N2O4.C13H15NO4/c1-21-15(20)11(7-10-5-3-2-4-6-10)8-13(17)12(16)9-14(18)19;1-19-14(18)12(7-10-5-3-2-4-6-10)20-9-11(15)8-13(16)17;16-11(17)7-10-13(19)14-9(12(18)15-10)6-8-4-2-1-3-5-8;15-12(16)7-10-8-18-11(13(17)14-10)6-9-4-2-1-3-5-9/h2-6,11-12H,7-9,16H2,1H3,(H,18,19);2-6,11-12H,7-9,15H2,1H3,(H,16,17);1-5,9-10H,6-7H2,(H,14,19)(H,15,18)(H,16,17);1-5,10-11H,6-8H2,(H,14,17)(H,15,16). The summed E-state index contributed by atoms with van der Waals surface area (Å²) in [4.78, 5) is 113. The molecule has 11 N–H and O–H groups in total. The van der Waals surface area contributed by atoms with Gasteiger partial charge in [0.05, 0.1) is 71.1 Å². The Bertz CT molecular complexity index is 2570. The van der Waals surface area contributed by atoms with Crippen LogP contribution in [0.25, 0.3) is 0 Å². The zero-order valence-corrected chi connectivity index (χ0v) is 43.1. The van der Waals surface area contributed by atoms with E-state index < -0.39 is 109 Å². The minimum atomic E-state index is -1.14. The zero-order chi connectivity index (χ0) is 57.6. The van der Waals surface area contributed by atoms with Crippen molar-refractivity contribution >= 4 is 59.3 Å². The van der Waals surface area contributed by atoms with Crippen molar-refractivity contribution in [2.45, 2.75) is 100 Å². The van der Waals surface area contributed by atoms with E-state index in [-0.39, 0.29) is 44.3 Å². The van der Waals surface area contributed by atoms with Crippen LogP contribution in [0.2, 0.25) is 0 Å². The predicted octanol–water partition coefficient (Wildman–Crippen LogP) is 1.64. The quantitative estimate of drug-likeness (QED) is 0.0450. The van der Waals surface area contributed by atoms with E-state index in [1.54, 1.807) is 0 Å². The number of Topliss-reactive ketones (excluding diaryl/α,β-unsaturated/α-hetero) is 1. The van der Waals surface area contributed by atoms with Crippen LogP contribution in [0.5, 0.6) is 0 Å². The number of hydrogen-bond donors (Lipinski definition) is 9. The Labute approximate surface area is 449 Å². The second-order valence-electron chi connectivity index (χ2n) is 17.9. The number of carbonyl (C=O) groups is 10. The lowest BCUT2D eigenvalue weighted by Gasteiger charge is -2.28. The number of rotatable bonds is 24. The lowest BCUT2D eigenvalue weighted by molar-refractivity contribution is -0.154. The molecule has 6 rings (SSSR count). The minimum Gasteiger partial charge on any atom is -0.481 e. The maximum atomic E-state index is 11.9. The fourth-order valence-corrected chi connectivity index (χ4v) is 7.63. The molecule has 8 unspecified atom stereocenters. The Kier molecular flexibility index (Phi) is 28.1. The van der Waals surface area contributed by atoms with E-state index in [0.29, 0.717) is 25.7 Å². The van der Waals surface area contributed by atoms with Crippen LogP contribution in [0.3, 0.4) is 0 Å². The number of aliphatic carboxylic acids is 4. The van der Waals surface area contributed by atoms with Crippen molar-refractivity contribution in [2.24, 2.45) is 17.4 Å². The predicted molar refractivity (Wildman–Crippen MR) is 278 cm³/mol. The Morgan fingerprint density at radius 3 is 1.49 bits per heavy atom. The normalized spacial score (nSPS) is 17.9. The molecule has 0 radical (unpaired) electrons. The van der Waals surface area contributed by atoms with Gasteiger partial charge in [0.25, 0.3) is 0 Å². The average Bonchev–Trinajstić information content (AvgIpc) is 3.40. The monoisotopic (exact) mass is 1090 g/mol. The molecule has 0 spiro atoms. The number of ketones is 1. The fraction of sp³-hybridized carbons (Fsp3) is 0.382. The highest BCUT2D eigenvalue weighted by Crippen LogP contribution is 2.17. The van der Waals surface area contributed by atoms with Gasteiger partial charge in [-0.05, 0) is 28.7 Å². The lowest BCUT2D eigenvalue weighted by Crippen LogP contribution is -2.62. The topological polar surface area (TPSA) is 377 Å². The summed E-state index contributed by atoms with van der Waals surface area (Å²) in [5, 5.41) is 42.2. The van der Waals surface area contributed by atoms with Gasteiger partial charge in [-0.2, -0.15) is 0 Å². The van der Waals surface area contributed by atoms with Crippen molar-refractivity contribution in [1.82, 2.24) is 16.0 Å². The Morgan fingerprint density at radius 2 is 1.01 bits per heavy atom. The van der Waals surface area contributed by atoms with Gasteiger partial charge in [0.2, 0.25) is 17.7 Å². The van der Waals surface area contributed by atoms with Crippen molar-refractivity contribution in [3.05, 3.63) is 144 Å². The molecule has 23 nitrogen and oxygen atoms in total. The third-order valence-electron chi connectivity index (χ3n) is 11.5. The van der Waals surface area contributed by atoms with E-state index in [1.807, 2.05) is 121 Å². The molecule has 3 amide bonds. The van der Waals surface area contributed by atoms with Gasteiger partial charge in [0.15, 0.2) is 11.9 Å². The minimum absolute atomic E-state index is 0.0150. The smallest absolute Gasteiger partial charge is 0.335 e. The molecule has 0 bridgehead atoms. The van der Waals surface area contributed by atoms with Crippen LogP contribution < -0.4 is 27.4 Å². The van der Waals surface area contributed by atoms with Crippen LogP contribution in [0.15, 0.2) is 121 Å². The van der Waals surface area contributed by atoms with Gasteiger partial charge in [-0.15, -0.1) is 0 Å². The van der Waals surface area contributed by atoms with E-state index in [1.165, 1.54) is 14.2 Å². The molecule has 23 heteroatoms. The van der Waals surface area contributed by atoms with Crippen molar-refractivity contribution in [3.8, 4) is 0 Å². The molecule has 78 heavy (non-hydrogen) atoms. The molecule has 2 heterocycles. The first kappa shape index (κ1) is 63.9. The molecule has 0 aromatic heterocycles. The van der Waals surface area contributed by atoms with Gasteiger partial charge in [0.1, 0.15) is 18.2 Å². The second-order valence-corrected chi connectivity index (χ2v) is 17.9. The second kappa shape index (κ2) is 34.3. The number of methoxy groups -OCH3 is 2. The molecule has 0 aliphatic carbocycles. The summed E-state index contributed by atoms with van der Waals surface area (Å²) < 4.78 is 20.2. The summed E-state index contributed by atoms with van der Waals surface area (Å²) in [6, 6.07) is 33.6. The van der Waals surface area contributed by atoms with Gasteiger partial charge in [0, 0.05) is 31.7 Å². The van der Waals surface area contributed by atoms with E-state index in [2.05, 4.69) is 20.7 Å². The van der Waals surface area contributed by atoms with E-state index in [0.717, 1.165) is 22.3 Å². The first-order chi connectivity index (χ1) is 37.2. The Hall–Kier alpha value is -8.38. The number of carboxylic acid groups (broad SMARTS) is 4. The fourth-order valence-electron chi connectivity index (χ4n) is 7.63. The number of nitrogens with two attached hydrogens (primary N) is 2. The molecule has 4 aromatic carbocycles. The number of nitrogens with one attached hydrogen (secondary N) is 3. The van der Waals surface area contributed by atoms with Crippen LogP contribution in [0, 0.1) is 5.92 Å². The van der Waals surface area contributed by atoms with Gasteiger partial charge in [-0.25, -0.2) is 4.79 Å². The first-order valence-corrected chi connectivity index (χ1v) is 24.5. The SMILES string of the molecule is COC(=O)C(CC(=O)C(N)CC(=O)O)Cc1ccccc1.COC(=O)C(Cc1ccccc1)OCC(N)CC(=O)O.O=C(O)CC1COC(Cc2ccccc2)C(=O)N1.O=C(O)CC1NC(=O)C(Cc2ccccc2)NC1=O. The number of benzene rings is 4. The molecule has 0 saturated carbocycles. The Morgan fingerprint density at radius 1 is 0.551 bits per heavy atom. The number of amides is 3. The molecule has 2 fully saturated rings. The van der Waals surface area contributed by atoms with Crippen molar-refractivity contribution in [2.75, 3.05) is 27.4 Å². The third kappa shape index (κ3) is 25.0. The number of esters is 2. The van der Waals surface area contributed by atoms with Crippen LogP contribution in [0.1, 0.15) is 54.4 Å². The van der Waals surface area contributed by atoms with Crippen molar-refractivity contribution in [1.29, 1.82) is 0 Å². The third-order valence-corrected chi connectivity index (χ3v) is 11.5. The summed E-state index contributed by atoms with van der Waals surface area (Å²) in [5.74, 6) is -7.38. The number of carbonyl (C=O) groups excluding carboxylic acids is 6. The molecule has 4 aromatic rings. The summed E-state index contributed by atoms with van der Waals surface area (Å²) in [6.07, 6.45) is -1.02. The molecular weight excluding hydrogens is 1020 g/mol. The van der Waals surface area contributed by atoms with Crippen LogP contribution in [-0.2, 0) is 92.6 Å². The summed E-state index contributed by atoms with van der Waals surface area (Å²) in [7, 11) is 2.53. The highest BCUT2D eigenvalue weighted by molar-refractivity contribution is 5.98. The number of ether oxygens (including phenoxy) is 4. The van der Waals surface area contributed by atoms with Crippen LogP contribution in [0.4, 0.5) is 0 Å². The van der Waals surface area contributed by atoms with Crippen LogP contribution in [-0.4, -0.2) is 150 Å². The summed E-state index contributed by atoms with van der Waals surface area (Å²) >= 11 is 0. The van der Waals surface area contributed by atoms with E-state index in [9.17, 15) is 47.9 Å². The molecule has 2 saturated heterocycles. The molecule has 2 aliphatic rings. The van der Waals surface area contributed by atoms with E-state index in [4.69, 9.17) is 46.1 Å². The average molecular weight is 1090 g/mol. The lowest BCUT2D eigenvalue weighted by atomic mass is 9.91. The van der Waals surface area contributed by atoms with Crippen molar-refractivity contribution in [3.63, 3.8) is 0 Å². The van der Waals surface area contributed by atoms with Gasteiger partial charge in [-0.1, -0.05) is 121 Å². The molecule has 420 valence electrons. The van der Waals surface area contributed by atoms with Crippen molar-refractivity contribution < 1.29 is 87.3 Å². The molecular formula is C55H67N5O18. The Balaban J connectivity index is 0.000000274. The summed E-state index contributed by atoms with van der Waals surface area (Å²) in [6.45, 7) is 0.231. The maximum Gasteiger partial charge on any atom is 0.335 e. The van der Waals surface area contributed by atoms with Gasteiger partial charge >= 0.3 is 35.8 Å². The maximum absolute atomic E-state index is 11.9. The highest BCUT2D eigenvalue weighted by atomic mass is 16.6. The number of morpholine rings is 1. The largest absolute Gasteiger partial charge is 0.481 e.